The first-order valence-corrected chi connectivity index (χ1v) is 6.67. The number of ether oxygens (including phenoxy) is 1. The fraction of sp³-hybridized carbons (Fsp3) is 0.909. The van der Waals surface area contributed by atoms with Crippen LogP contribution in [0.1, 0.15) is 32.6 Å². The summed E-state index contributed by atoms with van der Waals surface area (Å²) in [6.07, 6.45) is 5.23. The molecule has 1 aliphatic carbocycles. The molecule has 0 bridgehead atoms. The maximum absolute atomic E-state index is 11.5. The van der Waals surface area contributed by atoms with Crippen LogP contribution in [0.25, 0.3) is 0 Å². The highest BCUT2D eigenvalue weighted by Crippen LogP contribution is 2.28. The van der Waals surface area contributed by atoms with Gasteiger partial charge in [-0.05, 0) is 19.8 Å². The van der Waals surface area contributed by atoms with Gasteiger partial charge in [0, 0.05) is 18.4 Å². The first-order valence-electron chi connectivity index (χ1n) is 5.62. The van der Waals surface area contributed by atoms with Gasteiger partial charge in [-0.25, -0.2) is 0 Å². The summed E-state index contributed by atoms with van der Waals surface area (Å²) in [6, 6.07) is 0.117. The molecule has 0 aliphatic heterocycles. The first kappa shape index (κ1) is 12.8. The second-order valence-corrected chi connectivity index (χ2v) is 5.43. The van der Waals surface area contributed by atoms with Crippen molar-refractivity contribution in [2.75, 3.05) is 19.5 Å². The van der Waals surface area contributed by atoms with Gasteiger partial charge in [0.05, 0.1) is 12.4 Å². The third-order valence-corrected chi connectivity index (χ3v) is 3.95. The molecule has 3 nitrogen and oxygen atoms in total. The predicted molar refractivity (Wildman–Crippen MR) is 64.2 cm³/mol. The minimum Gasteiger partial charge on any atom is -0.383 e. The van der Waals surface area contributed by atoms with E-state index < -0.39 is 0 Å². The SMILES string of the molecule is COC[C@H](C)NC(=O)CSC1CCCC1. The van der Waals surface area contributed by atoms with Crippen molar-refractivity contribution in [2.24, 2.45) is 0 Å². The lowest BCUT2D eigenvalue weighted by atomic mass is 10.3. The molecular weight excluding hydrogens is 210 g/mol. The lowest BCUT2D eigenvalue weighted by Crippen LogP contribution is -2.36. The zero-order chi connectivity index (χ0) is 11.1. The van der Waals surface area contributed by atoms with E-state index in [0.29, 0.717) is 17.6 Å². The second kappa shape index (κ2) is 7.12. The van der Waals surface area contributed by atoms with Crippen LogP contribution in [-0.4, -0.2) is 36.7 Å². The van der Waals surface area contributed by atoms with Gasteiger partial charge in [-0.1, -0.05) is 12.8 Å². The summed E-state index contributed by atoms with van der Waals surface area (Å²) in [5.41, 5.74) is 0. The fourth-order valence-electron chi connectivity index (χ4n) is 1.86. The Balaban J connectivity index is 2.07. The second-order valence-electron chi connectivity index (χ2n) is 4.14. The minimum absolute atomic E-state index is 0.117. The van der Waals surface area contributed by atoms with Gasteiger partial charge in [0.1, 0.15) is 0 Å². The lowest BCUT2D eigenvalue weighted by molar-refractivity contribution is -0.119. The number of hydrogen-bond acceptors (Lipinski definition) is 3. The van der Waals surface area contributed by atoms with Gasteiger partial charge in [-0.3, -0.25) is 4.79 Å². The van der Waals surface area contributed by atoms with Crippen LogP contribution in [0.4, 0.5) is 0 Å². The molecule has 1 N–H and O–H groups in total. The summed E-state index contributed by atoms with van der Waals surface area (Å²) in [5.74, 6) is 0.732. The molecule has 1 amide bonds. The van der Waals surface area contributed by atoms with Crippen molar-refractivity contribution in [1.82, 2.24) is 5.32 Å². The molecule has 15 heavy (non-hydrogen) atoms. The number of amides is 1. The summed E-state index contributed by atoms with van der Waals surface area (Å²) < 4.78 is 4.96. The Labute approximate surface area is 96.3 Å². The number of nitrogens with one attached hydrogen (secondary N) is 1. The molecule has 0 spiro atoms. The largest absolute Gasteiger partial charge is 0.383 e. The van der Waals surface area contributed by atoms with Crippen molar-refractivity contribution in [3.63, 3.8) is 0 Å². The Hall–Kier alpha value is -0.220. The Kier molecular flexibility index (Phi) is 6.10. The minimum atomic E-state index is 0.117. The monoisotopic (exact) mass is 231 g/mol. The maximum Gasteiger partial charge on any atom is 0.230 e. The van der Waals surface area contributed by atoms with Gasteiger partial charge in [0.25, 0.3) is 0 Å². The third-order valence-electron chi connectivity index (χ3n) is 2.58. The normalized spacial score (nSPS) is 19.1. The summed E-state index contributed by atoms with van der Waals surface area (Å²) in [4.78, 5) is 11.5. The van der Waals surface area contributed by atoms with E-state index in [1.54, 1.807) is 18.9 Å². The van der Waals surface area contributed by atoms with Crippen LogP contribution >= 0.6 is 11.8 Å². The molecule has 1 atom stereocenters. The van der Waals surface area contributed by atoms with E-state index >= 15 is 0 Å². The molecule has 0 aromatic rings. The van der Waals surface area contributed by atoms with Crippen molar-refractivity contribution in [1.29, 1.82) is 0 Å². The van der Waals surface area contributed by atoms with Gasteiger partial charge in [-0.2, -0.15) is 0 Å². The Bertz CT molecular complexity index is 193. The number of carbonyl (C=O) groups excluding carboxylic acids is 1. The third kappa shape index (κ3) is 5.42. The van der Waals surface area contributed by atoms with Gasteiger partial charge in [-0.15, -0.1) is 11.8 Å². The van der Waals surface area contributed by atoms with Gasteiger partial charge in [0.2, 0.25) is 5.91 Å². The van der Waals surface area contributed by atoms with Crippen LogP contribution < -0.4 is 5.32 Å². The van der Waals surface area contributed by atoms with Crippen LogP contribution in [0.3, 0.4) is 0 Å². The van der Waals surface area contributed by atoms with Gasteiger partial charge >= 0.3 is 0 Å². The number of methoxy groups -OCH3 is 1. The van der Waals surface area contributed by atoms with Crippen molar-refractivity contribution in [3.8, 4) is 0 Å². The molecule has 1 saturated carbocycles. The summed E-state index contributed by atoms with van der Waals surface area (Å²) in [7, 11) is 1.65. The Morgan fingerprint density at radius 1 is 1.53 bits per heavy atom. The number of carbonyl (C=O) groups is 1. The molecule has 0 aromatic heterocycles. The molecule has 0 radical (unpaired) electrons. The number of rotatable bonds is 6. The quantitative estimate of drug-likeness (QED) is 0.757. The zero-order valence-corrected chi connectivity index (χ0v) is 10.4. The predicted octanol–water partition coefficient (Wildman–Crippen LogP) is 1.81. The molecule has 88 valence electrons. The summed E-state index contributed by atoms with van der Waals surface area (Å²) >= 11 is 1.80. The molecular formula is C11H21NO2S. The van der Waals surface area contributed by atoms with Crippen LogP contribution in [0.5, 0.6) is 0 Å². The van der Waals surface area contributed by atoms with E-state index in [2.05, 4.69) is 5.32 Å². The van der Waals surface area contributed by atoms with E-state index in [1.165, 1.54) is 25.7 Å². The van der Waals surface area contributed by atoms with Gasteiger partial charge < -0.3 is 10.1 Å². The molecule has 1 fully saturated rings. The highest BCUT2D eigenvalue weighted by molar-refractivity contribution is 8.00. The van der Waals surface area contributed by atoms with Crippen LogP contribution in [0.2, 0.25) is 0 Å². The maximum atomic E-state index is 11.5. The van der Waals surface area contributed by atoms with E-state index in [4.69, 9.17) is 4.74 Å². The molecule has 4 heteroatoms. The Morgan fingerprint density at radius 2 is 2.20 bits per heavy atom. The fourth-order valence-corrected chi connectivity index (χ4v) is 2.99. The molecule has 0 unspecified atom stereocenters. The molecule has 1 rings (SSSR count). The average molecular weight is 231 g/mol. The van der Waals surface area contributed by atoms with Crippen molar-refractivity contribution in [3.05, 3.63) is 0 Å². The van der Waals surface area contributed by atoms with E-state index in [-0.39, 0.29) is 11.9 Å². The van der Waals surface area contributed by atoms with Crippen LogP contribution in [0, 0.1) is 0 Å². The van der Waals surface area contributed by atoms with E-state index in [0.717, 1.165) is 0 Å². The Morgan fingerprint density at radius 3 is 2.80 bits per heavy atom. The highest BCUT2D eigenvalue weighted by atomic mass is 32.2. The highest BCUT2D eigenvalue weighted by Gasteiger charge is 2.17. The molecule has 0 saturated heterocycles. The van der Waals surface area contributed by atoms with Crippen molar-refractivity contribution in [2.45, 2.75) is 43.9 Å². The van der Waals surface area contributed by atoms with Crippen molar-refractivity contribution >= 4 is 17.7 Å². The summed E-state index contributed by atoms with van der Waals surface area (Å²) in [6.45, 7) is 2.54. The molecule has 1 aliphatic rings. The topological polar surface area (TPSA) is 38.3 Å². The van der Waals surface area contributed by atoms with E-state index in [9.17, 15) is 4.79 Å². The van der Waals surface area contributed by atoms with Crippen LogP contribution in [-0.2, 0) is 9.53 Å². The summed E-state index contributed by atoms with van der Waals surface area (Å²) in [5, 5.41) is 3.64. The lowest BCUT2D eigenvalue weighted by Gasteiger charge is -2.13. The van der Waals surface area contributed by atoms with Crippen LogP contribution in [0.15, 0.2) is 0 Å². The number of thioether (sulfide) groups is 1. The van der Waals surface area contributed by atoms with E-state index in [1.807, 2.05) is 6.92 Å². The molecule has 0 aromatic carbocycles. The van der Waals surface area contributed by atoms with Crippen molar-refractivity contribution < 1.29 is 9.53 Å². The zero-order valence-electron chi connectivity index (χ0n) is 9.62. The first-order chi connectivity index (χ1) is 7.22. The smallest absolute Gasteiger partial charge is 0.230 e. The van der Waals surface area contributed by atoms with Gasteiger partial charge in [0.15, 0.2) is 0 Å². The molecule has 0 heterocycles. The average Bonchev–Trinajstić information content (AvgIpc) is 2.67. The number of hydrogen-bond donors (Lipinski definition) is 1. The standard InChI is InChI=1S/C11H21NO2S/c1-9(7-14-2)12-11(13)8-15-10-5-3-4-6-10/h9-10H,3-8H2,1-2H3,(H,12,13)/t9-/m0/s1.